The van der Waals surface area contributed by atoms with Crippen LogP contribution in [-0.4, -0.2) is 30.4 Å². The van der Waals surface area contributed by atoms with E-state index in [0.29, 0.717) is 24.0 Å². The molecule has 0 bridgehead atoms. The number of amides is 2. The quantitative estimate of drug-likeness (QED) is 0.821. The Labute approximate surface area is 129 Å². The Morgan fingerprint density at radius 2 is 1.59 bits per heavy atom. The lowest BCUT2D eigenvalue weighted by atomic mass is 9.81. The summed E-state index contributed by atoms with van der Waals surface area (Å²) in [5.41, 5.74) is 4.92. The van der Waals surface area contributed by atoms with E-state index < -0.39 is 17.4 Å². The Kier molecular flexibility index (Phi) is 4.80. The molecule has 0 radical (unpaired) electrons. The predicted octanol–water partition coefficient (Wildman–Crippen LogP) is 1.39. The summed E-state index contributed by atoms with van der Waals surface area (Å²) in [7, 11) is 1.33. The highest BCUT2D eigenvalue weighted by Crippen LogP contribution is 2.29. The number of nitrogens with one attached hydrogen (secondary N) is 1. The van der Waals surface area contributed by atoms with Gasteiger partial charge in [0, 0.05) is 11.1 Å². The van der Waals surface area contributed by atoms with Crippen molar-refractivity contribution in [3.63, 3.8) is 0 Å². The topological polar surface area (TPSA) is 98.5 Å². The molecule has 0 atom stereocenters. The number of rotatable bonds is 4. The number of ether oxygens (including phenoxy) is 1. The zero-order chi connectivity index (χ0) is 16.2. The summed E-state index contributed by atoms with van der Waals surface area (Å²) in [6.07, 6.45) is 3.93. The van der Waals surface area contributed by atoms with Crippen LogP contribution in [-0.2, 0) is 9.53 Å². The molecule has 1 aliphatic carbocycles. The lowest BCUT2D eigenvalue weighted by Crippen LogP contribution is -2.56. The third kappa shape index (κ3) is 3.27. The molecule has 1 aliphatic rings. The average Bonchev–Trinajstić information content (AvgIpc) is 2.54. The van der Waals surface area contributed by atoms with Crippen LogP contribution >= 0.6 is 0 Å². The number of hydrogen-bond acceptors (Lipinski definition) is 4. The van der Waals surface area contributed by atoms with Gasteiger partial charge in [0.25, 0.3) is 5.91 Å². The Morgan fingerprint density at radius 3 is 2.09 bits per heavy atom. The largest absolute Gasteiger partial charge is 0.467 e. The number of methoxy groups -OCH3 is 1. The Hall–Kier alpha value is -2.37. The molecule has 0 heterocycles. The molecule has 6 nitrogen and oxygen atoms in total. The maximum absolute atomic E-state index is 12.4. The first-order valence-electron chi connectivity index (χ1n) is 7.29. The second kappa shape index (κ2) is 6.60. The number of benzene rings is 1. The minimum atomic E-state index is -0.952. The Morgan fingerprint density at radius 1 is 1.05 bits per heavy atom. The molecule has 1 saturated carbocycles. The Bertz CT molecular complexity index is 574. The van der Waals surface area contributed by atoms with E-state index in [0.717, 1.165) is 19.3 Å². The molecule has 1 fully saturated rings. The molecule has 0 aromatic heterocycles. The van der Waals surface area contributed by atoms with E-state index in [1.54, 1.807) is 0 Å². The van der Waals surface area contributed by atoms with Gasteiger partial charge in [-0.05, 0) is 37.1 Å². The third-order valence-corrected chi connectivity index (χ3v) is 4.07. The van der Waals surface area contributed by atoms with Crippen LogP contribution in [0, 0.1) is 0 Å². The number of esters is 1. The number of hydrogen-bond donors (Lipinski definition) is 2. The lowest BCUT2D eigenvalue weighted by Gasteiger charge is -2.35. The van der Waals surface area contributed by atoms with Gasteiger partial charge in [0.15, 0.2) is 0 Å². The first-order chi connectivity index (χ1) is 10.5. The molecule has 6 heteroatoms. The van der Waals surface area contributed by atoms with E-state index in [2.05, 4.69) is 5.32 Å². The van der Waals surface area contributed by atoms with Crippen LogP contribution in [0.3, 0.4) is 0 Å². The van der Waals surface area contributed by atoms with E-state index in [1.807, 2.05) is 0 Å². The molecular weight excluding hydrogens is 284 g/mol. The summed E-state index contributed by atoms with van der Waals surface area (Å²) in [6.45, 7) is 0. The molecule has 3 N–H and O–H groups in total. The molecule has 22 heavy (non-hydrogen) atoms. The minimum absolute atomic E-state index is 0.330. The molecule has 0 aliphatic heterocycles. The van der Waals surface area contributed by atoms with Crippen molar-refractivity contribution < 1.29 is 19.1 Å². The normalized spacial score (nSPS) is 16.6. The van der Waals surface area contributed by atoms with Gasteiger partial charge in [0.05, 0.1) is 7.11 Å². The fraction of sp³-hybridized carbons (Fsp3) is 0.438. The zero-order valence-corrected chi connectivity index (χ0v) is 12.6. The average molecular weight is 304 g/mol. The van der Waals surface area contributed by atoms with Crippen molar-refractivity contribution in [1.29, 1.82) is 0 Å². The number of carbonyl (C=O) groups is 3. The van der Waals surface area contributed by atoms with Crippen LogP contribution in [0.5, 0.6) is 0 Å². The van der Waals surface area contributed by atoms with Gasteiger partial charge in [-0.25, -0.2) is 4.79 Å². The van der Waals surface area contributed by atoms with E-state index in [-0.39, 0.29) is 5.91 Å². The number of carbonyl (C=O) groups excluding carboxylic acids is 3. The SMILES string of the molecule is COC(=O)C1(NC(=O)c2ccc(C(N)=O)cc2)CCCCC1. The van der Waals surface area contributed by atoms with Gasteiger partial charge in [0.1, 0.15) is 5.54 Å². The summed E-state index contributed by atoms with van der Waals surface area (Å²) in [5.74, 6) is -1.32. The molecule has 2 amide bonds. The van der Waals surface area contributed by atoms with Crippen molar-refractivity contribution >= 4 is 17.8 Å². The maximum Gasteiger partial charge on any atom is 0.331 e. The first kappa shape index (κ1) is 16.0. The van der Waals surface area contributed by atoms with Crippen molar-refractivity contribution in [2.75, 3.05) is 7.11 Å². The molecule has 1 aromatic rings. The highest BCUT2D eigenvalue weighted by molar-refractivity contribution is 5.99. The van der Waals surface area contributed by atoms with Crippen molar-refractivity contribution in [3.05, 3.63) is 35.4 Å². The minimum Gasteiger partial charge on any atom is -0.467 e. The second-order valence-corrected chi connectivity index (χ2v) is 5.53. The van der Waals surface area contributed by atoms with Crippen LogP contribution in [0.4, 0.5) is 0 Å². The van der Waals surface area contributed by atoms with Crippen LogP contribution in [0.1, 0.15) is 52.8 Å². The molecular formula is C16H20N2O4. The fourth-order valence-electron chi connectivity index (χ4n) is 2.81. The number of nitrogens with two attached hydrogens (primary N) is 1. The van der Waals surface area contributed by atoms with Gasteiger partial charge in [-0.3, -0.25) is 9.59 Å². The van der Waals surface area contributed by atoms with Gasteiger partial charge < -0.3 is 15.8 Å². The molecule has 0 spiro atoms. The van der Waals surface area contributed by atoms with Gasteiger partial charge in [-0.2, -0.15) is 0 Å². The van der Waals surface area contributed by atoms with Crippen molar-refractivity contribution in [1.82, 2.24) is 5.32 Å². The van der Waals surface area contributed by atoms with E-state index >= 15 is 0 Å². The summed E-state index contributed by atoms with van der Waals surface area (Å²) in [6, 6.07) is 6.01. The van der Waals surface area contributed by atoms with Gasteiger partial charge in [-0.1, -0.05) is 19.3 Å². The highest BCUT2D eigenvalue weighted by atomic mass is 16.5. The fourth-order valence-corrected chi connectivity index (χ4v) is 2.81. The van der Waals surface area contributed by atoms with E-state index in [9.17, 15) is 14.4 Å². The van der Waals surface area contributed by atoms with Gasteiger partial charge in [0.2, 0.25) is 5.91 Å². The van der Waals surface area contributed by atoms with E-state index in [1.165, 1.54) is 31.4 Å². The first-order valence-corrected chi connectivity index (χ1v) is 7.29. The molecule has 2 rings (SSSR count). The van der Waals surface area contributed by atoms with Gasteiger partial charge in [-0.15, -0.1) is 0 Å². The van der Waals surface area contributed by atoms with Crippen LogP contribution in [0.15, 0.2) is 24.3 Å². The molecule has 0 unspecified atom stereocenters. The summed E-state index contributed by atoms with van der Waals surface area (Å²) in [5, 5.41) is 2.82. The second-order valence-electron chi connectivity index (χ2n) is 5.53. The predicted molar refractivity (Wildman–Crippen MR) is 80.3 cm³/mol. The zero-order valence-electron chi connectivity index (χ0n) is 12.6. The lowest BCUT2D eigenvalue weighted by molar-refractivity contribution is -0.149. The van der Waals surface area contributed by atoms with Crippen LogP contribution < -0.4 is 11.1 Å². The smallest absolute Gasteiger partial charge is 0.331 e. The Balaban J connectivity index is 2.17. The third-order valence-electron chi connectivity index (χ3n) is 4.07. The van der Waals surface area contributed by atoms with Crippen molar-refractivity contribution in [2.45, 2.75) is 37.6 Å². The standard InChI is InChI=1S/C16H20N2O4/c1-22-15(21)16(9-3-2-4-10-16)18-14(20)12-7-5-11(6-8-12)13(17)19/h5-8H,2-4,9-10H2,1H3,(H2,17,19)(H,18,20). The van der Waals surface area contributed by atoms with E-state index in [4.69, 9.17) is 10.5 Å². The van der Waals surface area contributed by atoms with Crippen LogP contribution in [0.25, 0.3) is 0 Å². The molecule has 1 aromatic carbocycles. The molecule has 0 saturated heterocycles. The molecule has 118 valence electrons. The van der Waals surface area contributed by atoms with Gasteiger partial charge >= 0.3 is 5.97 Å². The summed E-state index contributed by atoms with van der Waals surface area (Å²) < 4.78 is 4.87. The summed E-state index contributed by atoms with van der Waals surface area (Å²) in [4.78, 5) is 35.5. The maximum atomic E-state index is 12.4. The highest BCUT2D eigenvalue weighted by Gasteiger charge is 2.42. The van der Waals surface area contributed by atoms with Crippen molar-refractivity contribution in [3.8, 4) is 0 Å². The monoisotopic (exact) mass is 304 g/mol. The van der Waals surface area contributed by atoms with Crippen molar-refractivity contribution in [2.24, 2.45) is 5.73 Å². The summed E-state index contributed by atoms with van der Waals surface area (Å²) >= 11 is 0. The number of primary amides is 1. The van der Waals surface area contributed by atoms with Crippen LogP contribution in [0.2, 0.25) is 0 Å².